The van der Waals surface area contributed by atoms with Gasteiger partial charge in [-0.3, -0.25) is 0 Å². The van der Waals surface area contributed by atoms with Crippen LogP contribution in [0, 0.1) is 0 Å². The molecule has 0 N–H and O–H groups in total. The first-order chi connectivity index (χ1) is 21.3. The van der Waals surface area contributed by atoms with Gasteiger partial charge in [-0.15, -0.1) is 0 Å². The second-order valence-corrected chi connectivity index (χ2v) is 13.6. The Kier molecular flexibility index (Phi) is 24.4. The maximum absolute atomic E-state index is 5.17. The molecule has 1 heterocycles. The minimum Gasteiger partial charge on any atom is -0.335 e. The van der Waals surface area contributed by atoms with Crippen molar-refractivity contribution >= 4 is 0 Å². The van der Waals surface area contributed by atoms with E-state index >= 15 is 0 Å². The fourth-order valence-corrected chi connectivity index (χ4v) is 6.57. The number of rotatable bonds is 31. The zero-order valence-corrected chi connectivity index (χ0v) is 29.1. The number of aromatic nitrogens is 2. The molecule has 246 valence electrons. The molecule has 0 radical (unpaired) electrons. The molecule has 0 saturated carbocycles. The van der Waals surface area contributed by atoms with Gasteiger partial charge in [0, 0.05) is 19.2 Å². The number of hydrogen-bond donors (Lipinski definition) is 0. The van der Waals surface area contributed by atoms with Crippen LogP contribution in [0.4, 0.5) is 0 Å². The summed E-state index contributed by atoms with van der Waals surface area (Å²) in [7, 11) is 0. The van der Waals surface area contributed by atoms with Gasteiger partial charge in [-0.05, 0) is 37.7 Å². The second kappa shape index (κ2) is 27.9. The monoisotopic (exact) mass is 593 g/mol. The van der Waals surface area contributed by atoms with Crippen molar-refractivity contribution in [3.63, 3.8) is 0 Å². The predicted octanol–water partition coefficient (Wildman–Crippen LogP) is 13.4. The summed E-state index contributed by atoms with van der Waals surface area (Å²) >= 11 is 0. The Hall–Kier alpha value is -1.57. The number of imidazole rings is 1. The van der Waals surface area contributed by atoms with Gasteiger partial charge >= 0.3 is 0 Å². The summed E-state index contributed by atoms with van der Waals surface area (Å²) in [6.45, 7) is 5.77. The fraction of sp³-hybridized carbons (Fsp3) is 0.780. The molecule has 0 fully saturated rings. The molecule has 2 nitrogen and oxygen atoms in total. The lowest BCUT2D eigenvalue weighted by Gasteiger charge is -2.08. The lowest BCUT2D eigenvalue weighted by Crippen LogP contribution is -2.03. The molecule has 43 heavy (non-hydrogen) atoms. The highest BCUT2D eigenvalue weighted by Gasteiger charge is 2.09. The Morgan fingerprint density at radius 1 is 0.442 bits per heavy atom. The highest BCUT2D eigenvalue weighted by Crippen LogP contribution is 2.17. The zero-order valence-electron chi connectivity index (χ0n) is 29.1. The Bertz CT molecular complexity index is 839. The van der Waals surface area contributed by atoms with E-state index in [0.29, 0.717) is 0 Å². The highest BCUT2D eigenvalue weighted by molar-refractivity contribution is 5.15. The normalized spacial score (nSPS) is 11.5. The lowest BCUT2D eigenvalue weighted by molar-refractivity contribution is 0.519. The molecule has 0 unspecified atom stereocenters. The first-order valence-electron chi connectivity index (χ1n) is 19.4. The molecule has 0 aliphatic carbocycles. The standard InChI is InChI=1S/C41H72N2/c1-3-5-7-9-11-13-14-15-16-17-18-19-20-22-24-29-36-41-42-40(35-31-34-39-32-27-26-28-33-39)38-43(41)37-30-25-23-21-12-10-8-6-4-2/h26-28,32-33,38H,3-25,29-31,34-37H2,1-2H3. The van der Waals surface area contributed by atoms with Crippen LogP contribution in [0.25, 0.3) is 0 Å². The molecule has 2 rings (SSSR count). The van der Waals surface area contributed by atoms with Crippen LogP contribution in [0.5, 0.6) is 0 Å². The minimum absolute atomic E-state index is 1.10. The Morgan fingerprint density at radius 2 is 0.884 bits per heavy atom. The zero-order chi connectivity index (χ0) is 30.5. The third-order valence-corrected chi connectivity index (χ3v) is 9.41. The molecule has 1 aromatic heterocycles. The SMILES string of the molecule is CCCCCCCCCCCCCCCCCCc1nc(CCCc2ccccc2)cn1CCCCCCCCCCC. The summed E-state index contributed by atoms with van der Waals surface area (Å²) in [4.78, 5) is 5.17. The lowest BCUT2D eigenvalue weighted by atomic mass is 10.0. The molecule has 0 atom stereocenters. The number of nitrogens with zero attached hydrogens (tertiary/aromatic N) is 2. The first-order valence-corrected chi connectivity index (χ1v) is 19.4. The Morgan fingerprint density at radius 3 is 1.37 bits per heavy atom. The van der Waals surface area contributed by atoms with E-state index in [1.807, 2.05) is 0 Å². The molecule has 0 aliphatic rings. The summed E-state index contributed by atoms with van der Waals surface area (Å²) in [6, 6.07) is 10.9. The highest BCUT2D eigenvalue weighted by atomic mass is 15.1. The van der Waals surface area contributed by atoms with E-state index in [2.05, 4.69) is 54.9 Å². The van der Waals surface area contributed by atoms with Crippen LogP contribution in [0.15, 0.2) is 36.5 Å². The van der Waals surface area contributed by atoms with Gasteiger partial charge in [0.2, 0.25) is 0 Å². The van der Waals surface area contributed by atoms with Crippen molar-refractivity contribution in [2.24, 2.45) is 0 Å². The van der Waals surface area contributed by atoms with E-state index in [-0.39, 0.29) is 0 Å². The van der Waals surface area contributed by atoms with Crippen molar-refractivity contribution in [2.75, 3.05) is 0 Å². The maximum Gasteiger partial charge on any atom is 0.108 e. The molecule has 1 aromatic carbocycles. The first kappa shape index (κ1) is 37.6. The van der Waals surface area contributed by atoms with E-state index in [1.54, 1.807) is 0 Å². The second-order valence-electron chi connectivity index (χ2n) is 13.6. The number of unbranched alkanes of at least 4 members (excludes halogenated alkanes) is 23. The van der Waals surface area contributed by atoms with Crippen LogP contribution in [-0.4, -0.2) is 9.55 Å². The van der Waals surface area contributed by atoms with Crippen LogP contribution in [-0.2, 0) is 25.8 Å². The largest absolute Gasteiger partial charge is 0.335 e. The van der Waals surface area contributed by atoms with Crippen molar-refractivity contribution in [3.05, 3.63) is 53.6 Å². The summed E-state index contributed by atoms with van der Waals surface area (Å²) in [6.07, 6.45) is 42.5. The van der Waals surface area contributed by atoms with Crippen LogP contribution < -0.4 is 0 Å². The van der Waals surface area contributed by atoms with Gasteiger partial charge in [0.15, 0.2) is 0 Å². The van der Waals surface area contributed by atoms with Crippen LogP contribution >= 0.6 is 0 Å². The van der Waals surface area contributed by atoms with E-state index in [4.69, 9.17) is 4.98 Å². The van der Waals surface area contributed by atoms with Gasteiger partial charge in [0.25, 0.3) is 0 Å². The minimum atomic E-state index is 1.10. The third kappa shape index (κ3) is 20.9. The van der Waals surface area contributed by atoms with Crippen molar-refractivity contribution in [1.82, 2.24) is 9.55 Å². The van der Waals surface area contributed by atoms with Crippen LogP contribution in [0.1, 0.15) is 198 Å². The number of aryl methyl sites for hydroxylation is 4. The number of benzene rings is 1. The topological polar surface area (TPSA) is 17.8 Å². The van der Waals surface area contributed by atoms with Gasteiger partial charge in [0.05, 0.1) is 5.69 Å². The molecule has 0 bridgehead atoms. The van der Waals surface area contributed by atoms with Crippen LogP contribution in [0.2, 0.25) is 0 Å². The van der Waals surface area contributed by atoms with Gasteiger partial charge in [-0.1, -0.05) is 192 Å². The molecule has 2 aromatic rings. The summed E-state index contributed by atoms with van der Waals surface area (Å²) < 4.78 is 2.53. The van der Waals surface area contributed by atoms with Crippen molar-refractivity contribution < 1.29 is 0 Å². The summed E-state index contributed by atoms with van der Waals surface area (Å²) in [5.74, 6) is 1.36. The molecule has 0 saturated heterocycles. The molecule has 0 spiro atoms. The van der Waals surface area contributed by atoms with Crippen molar-refractivity contribution in [1.29, 1.82) is 0 Å². The van der Waals surface area contributed by atoms with Crippen molar-refractivity contribution in [2.45, 2.75) is 207 Å². The number of hydrogen-bond acceptors (Lipinski definition) is 1. The van der Waals surface area contributed by atoms with Crippen LogP contribution in [0.3, 0.4) is 0 Å². The van der Waals surface area contributed by atoms with Gasteiger partial charge in [0.1, 0.15) is 5.82 Å². The van der Waals surface area contributed by atoms with Crippen molar-refractivity contribution in [3.8, 4) is 0 Å². The smallest absolute Gasteiger partial charge is 0.108 e. The Labute approximate surface area is 269 Å². The van der Waals surface area contributed by atoms with E-state index < -0.39 is 0 Å². The molecule has 0 amide bonds. The summed E-state index contributed by atoms with van der Waals surface area (Å²) in [5.41, 5.74) is 2.77. The molecular weight excluding hydrogens is 520 g/mol. The summed E-state index contributed by atoms with van der Waals surface area (Å²) in [5, 5.41) is 0. The predicted molar refractivity (Wildman–Crippen MR) is 191 cm³/mol. The molecular formula is C41H72N2. The average Bonchev–Trinajstić information content (AvgIpc) is 3.41. The average molecular weight is 593 g/mol. The van der Waals surface area contributed by atoms with Gasteiger partial charge in [-0.2, -0.15) is 0 Å². The quantitative estimate of drug-likeness (QED) is 0.0796. The van der Waals surface area contributed by atoms with Gasteiger partial charge in [-0.25, -0.2) is 4.98 Å². The third-order valence-electron chi connectivity index (χ3n) is 9.41. The van der Waals surface area contributed by atoms with E-state index in [0.717, 1.165) is 25.8 Å². The van der Waals surface area contributed by atoms with E-state index in [1.165, 1.54) is 184 Å². The Balaban J connectivity index is 1.58. The maximum atomic E-state index is 5.17. The molecule has 2 heteroatoms. The van der Waals surface area contributed by atoms with Gasteiger partial charge < -0.3 is 4.57 Å². The molecule has 0 aliphatic heterocycles. The fourth-order valence-electron chi connectivity index (χ4n) is 6.57. The van der Waals surface area contributed by atoms with E-state index in [9.17, 15) is 0 Å².